The lowest BCUT2D eigenvalue weighted by molar-refractivity contribution is -0.267. The first-order valence-electron chi connectivity index (χ1n) is 9.72. The molecule has 11 nitrogen and oxygen atoms in total. The van der Waals surface area contributed by atoms with Gasteiger partial charge in [-0.3, -0.25) is 4.55 Å². The summed E-state index contributed by atoms with van der Waals surface area (Å²) < 4.78 is 67.8. The van der Waals surface area contributed by atoms with E-state index in [2.05, 4.69) is 20.5 Å². The summed E-state index contributed by atoms with van der Waals surface area (Å²) in [6.45, 7) is 0. The van der Waals surface area contributed by atoms with E-state index in [0.29, 0.717) is 17.4 Å². The fourth-order valence-electron chi connectivity index (χ4n) is 3.11. The molecular formula is C22H14N4O7S2-2. The zero-order chi connectivity index (χ0) is 25.2. The fourth-order valence-corrected chi connectivity index (χ4v) is 4.47. The van der Waals surface area contributed by atoms with Crippen molar-refractivity contribution in [1.82, 2.24) is 0 Å². The molecule has 0 spiro atoms. The van der Waals surface area contributed by atoms with Crippen molar-refractivity contribution < 1.29 is 31.0 Å². The minimum absolute atomic E-state index is 0.111. The molecule has 4 aromatic rings. The maximum Gasteiger partial charge on any atom is 0.295 e. The van der Waals surface area contributed by atoms with E-state index in [1.54, 1.807) is 24.3 Å². The summed E-state index contributed by atoms with van der Waals surface area (Å²) in [7, 11) is -10.1. The number of fused-ring (bicyclic) bond motifs is 1. The molecule has 0 radical (unpaired) electrons. The first-order chi connectivity index (χ1) is 16.5. The van der Waals surface area contributed by atoms with Gasteiger partial charge in [0.1, 0.15) is 15.0 Å². The smallest absolute Gasteiger partial charge is 0.295 e. The molecule has 178 valence electrons. The van der Waals surface area contributed by atoms with Gasteiger partial charge in [0.25, 0.3) is 10.1 Å². The second kappa shape index (κ2) is 9.31. The van der Waals surface area contributed by atoms with Crippen molar-refractivity contribution in [3.05, 3.63) is 78.9 Å². The molecule has 0 aliphatic heterocycles. The van der Waals surface area contributed by atoms with E-state index < -0.39 is 41.5 Å². The third-order valence-electron chi connectivity index (χ3n) is 4.71. The third kappa shape index (κ3) is 5.55. The van der Waals surface area contributed by atoms with Crippen molar-refractivity contribution in [3.63, 3.8) is 0 Å². The van der Waals surface area contributed by atoms with Gasteiger partial charge in [0, 0.05) is 5.39 Å². The van der Waals surface area contributed by atoms with Crippen LogP contribution < -0.4 is 5.11 Å². The van der Waals surface area contributed by atoms with Crippen LogP contribution in [0.3, 0.4) is 0 Å². The van der Waals surface area contributed by atoms with Crippen molar-refractivity contribution >= 4 is 53.8 Å². The minimum Gasteiger partial charge on any atom is -0.871 e. The molecule has 0 bridgehead atoms. The van der Waals surface area contributed by atoms with Crippen LogP contribution in [0, 0.1) is 0 Å². The number of benzene rings is 4. The number of nitrogens with zero attached hydrogens (tertiary/aromatic N) is 4. The normalized spacial score (nSPS) is 12.6. The van der Waals surface area contributed by atoms with E-state index in [1.165, 1.54) is 12.1 Å². The van der Waals surface area contributed by atoms with Crippen LogP contribution in [-0.4, -0.2) is 25.9 Å². The monoisotopic (exact) mass is 510 g/mol. The molecule has 0 atom stereocenters. The highest BCUT2D eigenvalue weighted by molar-refractivity contribution is 7.86. The summed E-state index contributed by atoms with van der Waals surface area (Å²) in [6, 6.07) is 18.8. The van der Waals surface area contributed by atoms with E-state index in [4.69, 9.17) is 0 Å². The van der Waals surface area contributed by atoms with Crippen LogP contribution in [0.2, 0.25) is 0 Å². The lowest BCUT2D eigenvalue weighted by Crippen LogP contribution is -2.05. The molecule has 0 aliphatic rings. The van der Waals surface area contributed by atoms with Crippen LogP contribution in [0.5, 0.6) is 5.75 Å². The topological polar surface area (TPSA) is 184 Å². The Morgan fingerprint density at radius 1 is 0.686 bits per heavy atom. The highest BCUT2D eigenvalue weighted by Crippen LogP contribution is 2.40. The van der Waals surface area contributed by atoms with Crippen molar-refractivity contribution in [1.29, 1.82) is 0 Å². The highest BCUT2D eigenvalue weighted by atomic mass is 32.2. The Kier molecular flexibility index (Phi) is 6.41. The Morgan fingerprint density at radius 2 is 1.23 bits per heavy atom. The number of hydrogen-bond acceptors (Lipinski definition) is 10. The first kappa shape index (κ1) is 24.1. The Balaban J connectivity index is 1.74. The molecular weight excluding hydrogens is 496 g/mol. The summed E-state index contributed by atoms with van der Waals surface area (Å²) in [5.74, 6) is -0.739. The van der Waals surface area contributed by atoms with Gasteiger partial charge in [-0.05, 0) is 53.9 Å². The molecule has 0 saturated carbocycles. The number of hydrogen-bond donors (Lipinski definition) is 1. The summed E-state index contributed by atoms with van der Waals surface area (Å²) in [5.41, 5.74) is 1.00. The molecule has 4 aromatic carbocycles. The SMILES string of the molecule is O=S(=O)([O-])c1cc(S(=O)(=O)O)c2c(N=Nc3ccc(N=Nc4ccccc4)cc3)c([O-])ccc2c1. The molecule has 0 heterocycles. The Bertz CT molecular complexity index is 1690. The maximum absolute atomic E-state index is 12.5. The average molecular weight is 511 g/mol. The van der Waals surface area contributed by atoms with E-state index in [0.717, 1.165) is 18.2 Å². The van der Waals surface area contributed by atoms with Gasteiger partial charge >= 0.3 is 0 Å². The molecule has 4 rings (SSSR count). The molecule has 0 aromatic heterocycles. The van der Waals surface area contributed by atoms with Crippen molar-refractivity contribution in [2.75, 3.05) is 0 Å². The average Bonchev–Trinajstić information content (AvgIpc) is 2.81. The molecule has 35 heavy (non-hydrogen) atoms. The summed E-state index contributed by atoms with van der Waals surface area (Å²) in [5, 5.41) is 27.9. The zero-order valence-corrected chi connectivity index (χ0v) is 19.1. The van der Waals surface area contributed by atoms with Crippen molar-refractivity contribution in [2.45, 2.75) is 9.79 Å². The Morgan fingerprint density at radius 3 is 1.77 bits per heavy atom. The van der Waals surface area contributed by atoms with Gasteiger partial charge < -0.3 is 9.66 Å². The van der Waals surface area contributed by atoms with E-state index in [9.17, 15) is 31.0 Å². The molecule has 13 heteroatoms. The quantitative estimate of drug-likeness (QED) is 0.282. The van der Waals surface area contributed by atoms with Crippen LogP contribution in [0.25, 0.3) is 10.8 Å². The number of azo groups is 2. The summed E-state index contributed by atoms with van der Waals surface area (Å²) >= 11 is 0. The van der Waals surface area contributed by atoms with E-state index >= 15 is 0 Å². The first-order valence-corrected chi connectivity index (χ1v) is 12.6. The second-order valence-corrected chi connectivity index (χ2v) is 9.88. The third-order valence-corrected chi connectivity index (χ3v) is 6.40. The van der Waals surface area contributed by atoms with Crippen LogP contribution in [0.4, 0.5) is 22.7 Å². The highest BCUT2D eigenvalue weighted by Gasteiger charge is 2.20. The van der Waals surface area contributed by atoms with E-state index in [1.807, 2.05) is 18.2 Å². The Labute approximate surface area is 199 Å². The molecule has 0 aliphatic carbocycles. The van der Waals surface area contributed by atoms with Gasteiger partial charge in [-0.25, -0.2) is 8.42 Å². The van der Waals surface area contributed by atoms with Gasteiger partial charge in [-0.2, -0.15) is 28.9 Å². The molecule has 0 fully saturated rings. The largest absolute Gasteiger partial charge is 0.871 e. The molecule has 0 unspecified atom stereocenters. The predicted octanol–water partition coefficient (Wildman–Crippen LogP) is 4.90. The molecule has 0 saturated heterocycles. The van der Waals surface area contributed by atoms with Crippen LogP contribution in [0.1, 0.15) is 0 Å². The minimum atomic E-state index is -5.06. The maximum atomic E-state index is 12.5. The second-order valence-electron chi connectivity index (χ2n) is 7.11. The van der Waals surface area contributed by atoms with Gasteiger partial charge in [-0.1, -0.05) is 36.1 Å². The van der Waals surface area contributed by atoms with Crippen LogP contribution >= 0.6 is 0 Å². The van der Waals surface area contributed by atoms with Gasteiger partial charge in [-0.15, -0.1) is 0 Å². The Hall–Kier alpha value is -4.04. The van der Waals surface area contributed by atoms with Crippen LogP contribution in [-0.2, 0) is 20.2 Å². The summed E-state index contributed by atoms with van der Waals surface area (Å²) in [4.78, 5) is -1.84. The lowest BCUT2D eigenvalue weighted by Gasteiger charge is -2.16. The van der Waals surface area contributed by atoms with Gasteiger partial charge in [0.15, 0.2) is 0 Å². The van der Waals surface area contributed by atoms with Crippen LogP contribution in [0.15, 0.2) is 109 Å². The zero-order valence-electron chi connectivity index (χ0n) is 17.5. The standard InChI is InChI=1S/C22H16N4O7S2/c27-19-11-6-14-12-18(34(28,29)30)13-20(35(31,32)33)21(14)22(19)26-25-17-9-7-16(8-10-17)24-23-15-4-2-1-3-5-15/h1-13,27H,(H,28,29,30)(H,31,32,33)/p-2. The van der Waals surface area contributed by atoms with Crippen molar-refractivity contribution in [3.8, 4) is 5.75 Å². The van der Waals surface area contributed by atoms with Gasteiger partial charge in [0.2, 0.25) is 0 Å². The molecule has 0 amide bonds. The fraction of sp³-hybridized carbons (Fsp3) is 0. The van der Waals surface area contributed by atoms with E-state index in [-0.39, 0.29) is 16.5 Å². The summed E-state index contributed by atoms with van der Waals surface area (Å²) in [6.07, 6.45) is 0. The van der Waals surface area contributed by atoms with Gasteiger partial charge in [0.05, 0.1) is 27.6 Å². The lowest BCUT2D eigenvalue weighted by atomic mass is 10.1. The molecule has 1 N–H and O–H groups in total. The number of rotatable bonds is 6. The van der Waals surface area contributed by atoms with Crippen molar-refractivity contribution in [2.24, 2.45) is 20.5 Å². The predicted molar refractivity (Wildman–Crippen MR) is 122 cm³/mol.